The van der Waals surface area contributed by atoms with E-state index in [0.29, 0.717) is 30.2 Å². The van der Waals surface area contributed by atoms with Crippen LogP contribution in [0.4, 0.5) is 5.82 Å². The van der Waals surface area contributed by atoms with Gasteiger partial charge in [-0.15, -0.1) is 10.2 Å². The lowest BCUT2D eigenvalue weighted by Gasteiger charge is -2.18. The second-order valence-corrected chi connectivity index (χ2v) is 10.7. The van der Waals surface area contributed by atoms with Gasteiger partial charge in [-0.3, -0.25) is 14.8 Å². The molecular formula is C32H32N6O. The molecule has 0 aliphatic rings. The van der Waals surface area contributed by atoms with Crippen LogP contribution in [0.1, 0.15) is 43.2 Å². The minimum absolute atomic E-state index is 0.144. The van der Waals surface area contributed by atoms with Crippen LogP contribution in [0.15, 0.2) is 91.4 Å². The summed E-state index contributed by atoms with van der Waals surface area (Å²) in [5.41, 5.74) is 5.06. The molecule has 0 saturated heterocycles. The predicted octanol–water partition coefficient (Wildman–Crippen LogP) is 6.53. The Bertz CT molecular complexity index is 1580. The number of nitrogens with one attached hydrogen (secondary N) is 2. The highest BCUT2D eigenvalue weighted by Gasteiger charge is 2.18. The standard InChI is InChI=1S/C32H32N6O/c1-32(2,3)15-17-35-31(39)24-18-23(19-33-20-24)29-27-14-9-13-26(22-10-5-4-6-11-22)28(27)30(38-37-29)36-21-25-12-7-8-16-34-25/h4-14,16,18-20H,15,17,21H2,1-3H3,(H,35,39)(H,36,38). The first-order valence-electron chi connectivity index (χ1n) is 13.1. The molecular weight excluding hydrogens is 484 g/mol. The molecule has 7 nitrogen and oxygen atoms in total. The Kier molecular flexibility index (Phi) is 7.59. The Morgan fingerprint density at radius 1 is 0.872 bits per heavy atom. The molecule has 1 amide bonds. The van der Waals surface area contributed by atoms with Crippen molar-refractivity contribution >= 4 is 22.5 Å². The molecule has 3 heterocycles. The SMILES string of the molecule is CC(C)(C)CCNC(=O)c1cncc(-c2nnc(NCc3ccccn3)c3c(-c4ccccc4)cccc23)c1. The first-order valence-corrected chi connectivity index (χ1v) is 13.1. The van der Waals surface area contributed by atoms with Crippen LogP contribution in [0.5, 0.6) is 0 Å². The maximum atomic E-state index is 12.9. The maximum absolute atomic E-state index is 12.9. The van der Waals surface area contributed by atoms with E-state index in [1.54, 1.807) is 18.6 Å². The van der Waals surface area contributed by atoms with Crippen molar-refractivity contribution in [2.45, 2.75) is 33.7 Å². The number of pyridine rings is 2. The molecule has 39 heavy (non-hydrogen) atoms. The second kappa shape index (κ2) is 11.4. The molecule has 0 unspecified atom stereocenters. The van der Waals surface area contributed by atoms with Gasteiger partial charge in [0, 0.05) is 41.5 Å². The summed E-state index contributed by atoms with van der Waals surface area (Å²) in [4.78, 5) is 21.7. The normalized spacial score (nSPS) is 11.4. The van der Waals surface area contributed by atoms with Crippen LogP contribution in [0.25, 0.3) is 33.2 Å². The van der Waals surface area contributed by atoms with Crippen molar-refractivity contribution < 1.29 is 4.79 Å². The first-order chi connectivity index (χ1) is 18.9. The van der Waals surface area contributed by atoms with Crippen LogP contribution in [-0.4, -0.2) is 32.6 Å². The van der Waals surface area contributed by atoms with Crippen LogP contribution in [0.2, 0.25) is 0 Å². The average Bonchev–Trinajstić information content (AvgIpc) is 2.96. The molecule has 0 spiro atoms. The lowest BCUT2D eigenvalue weighted by atomic mass is 9.92. The lowest BCUT2D eigenvalue weighted by Crippen LogP contribution is -2.27. The highest BCUT2D eigenvalue weighted by molar-refractivity contribution is 6.08. The fourth-order valence-electron chi connectivity index (χ4n) is 4.43. The molecule has 0 saturated carbocycles. The molecule has 7 heteroatoms. The third kappa shape index (κ3) is 6.26. The van der Waals surface area contributed by atoms with E-state index >= 15 is 0 Å². The lowest BCUT2D eigenvalue weighted by molar-refractivity contribution is 0.0949. The van der Waals surface area contributed by atoms with Gasteiger partial charge in [0.05, 0.1) is 17.8 Å². The molecule has 0 aliphatic carbocycles. The van der Waals surface area contributed by atoms with E-state index in [1.165, 1.54) is 0 Å². The van der Waals surface area contributed by atoms with E-state index in [2.05, 4.69) is 69.8 Å². The molecule has 0 radical (unpaired) electrons. The third-order valence-corrected chi connectivity index (χ3v) is 6.49. The van der Waals surface area contributed by atoms with Crippen molar-refractivity contribution in [2.75, 3.05) is 11.9 Å². The van der Waals surface area contributed by atoms with Crippen molar-refractivity contribution in [1.82, 2.24) is 25.5 Å². The number of carbonyl (C=O) groups excluding carboxylic acids is 1. The minimum Gasteiger partial charge on any atom is -0.362 e. The summed E-state index contributed by atoms with van der Waals surface area (Å²) in [6.45, 7) is 7.59. The van der Waals surface area contributed by atoms with E-state index < -0.39 is 0 Å². The van der Waals surface area contributed by atoms with Crippen molar-refractivity contribution in [3.05, 3.63) is 103 Å². The zero-order chi connectivity index (χ0) is 27.2. The van der Waals surface area contributed by atoms with Crippen LogP contribution < -0.4 is 10.6 Å². The number of carbonyl (C=O) groups is 1. The summed E-state index contributed by atoms with van der Waals surface area (Å²) in [7, 11) is 0. The Balaban J connectivity index is 1.55. The Hall–Kier alpha value is -4.65. The number of rotatable bonds is 8. The van der Waals surface area contributed by atoms with Crippen molar-refractivity contribution in [1.29, 1.82) is 0 Å². The number of fused-ring (bicyclic) bond motifs is 1. The maximum Gasteiger partial charge on any atom is 0.252 e. The quantitative estimate of drug-likeness (QED) is 0.244. The van der Waals surface area contributed by atoms with Crippen LogP contribution in [-0.2, 0) is 6.54 Å². The largest absolute Gasteiger partial charge is 0.362 e. The van der Waals surface area contributed by atoms with Gasteiger partial charge in [0.25, 0.3) is 5.91 Å². The zero-order valence-corrected chi connectivity index (χ0v) is 22.5. The number of hydrogen-bond acceptors (Lipinski definition) is 6. The first kappa shape index (κ1) is 26.0. The summed E-state index contributed by atoms with van der Waals surface area (Å²) in [5, 5.41) is 17.6. The van der Waals surface area contributed by atoms with E-state index in [-0.39, 0.29) is 11.3 Å². The fourth-order valence-corrected chi connectivity index (χ4v) is 4.43. The number of hydrogen-bond donors (Lipinski definition) is 2. The Morgan fingerprint density at radius 2 is 1.69 bits per heavy atom. The van der Waals surface area contributed by atoms with Gasteiger partial charge in [0.2, 0.25) is 0 Å². The van der Waals surface area contributed by atoms with Crippen LogP contribution in [0, 0.1) is 5.41 Å². The molecule has 3 aromatic heterocycles. The smallest absolute Gasteiger partial charge is 0.252 e. The molecule has 196 valence electrons. The molecule has 2 N–H and O–H groups in total. The molecule has 5 rings (SSSR count). The predicted molar refractivity (Wildman–Crippen MR) is 156 cm³/mol. The third-order valence-electron chi connectivity index (χ3n) is 6.49. The summed E-state index contributed by atoms with van der Waals surface area (Å²) >= 11 is 0. The molecule has 0 atom stereocenters. The van der Waals surface area contributed by atoms with Gasteiger partial charge in [-0.2, -0.15) is 0 Å². The van der Waals surface area contributed by atoms with E-state index in [4.69, 9.17) is 0 Å². The van der Waals surface area contributed by atoms with Gasteiger partial charge in [0.1, 0.15) is 5.69 Å². The highest BCUT2D eigenvalue weighted by Crippen LogP contribution is 2.37. The summed E-state index contributed by atoms with van der Waals surface area (Å²) < 4.78 is 0. The number of nitrogens with zero attached hydrogens (tertiary/aromatic N) is 4. The zero-order valence-electron chi connectivity index (χ0n) is 22.5. The van der Waals surface area contributed by atoms with Gasteiger partial charge >= 0.3 is 0 Å². The number of aromatic nitrogens is 4. The van der Waals surface area contributed by atoms with Crippen LogP contribution >= 0.6 is 0 Å². The molecule has 0 bridgehead atoms. The summed E-state index contributed by atoms with van der Waals surface area (Å²) in [6.07, 6.45) is 5.98. The minimum atomic E-state index is -0.149. The summed E-state index contributed by atoms with van der Waals surface area (Å²) in [6, 6.07) is 24.0. The van der Waals surface area contributed by atoms with Gasteiger partial charge in [0.15, 0.2) is 5.82 Å². The Morgan fingerprint density at radius 3 is 2.46 bits per heavy atom. The average molecular weight is 517 g/mol. The van der Waals surface area contributed by atoms with Crippen molar-refractivity contribution in [3.8, 4) is 22.4 Å². The van der Waals surface area contributed by atoms with Gasteiger partial charge in [-0.1, -0.05) is 75.4 Å². The van der Waals surface area contributed by atoms with Crippen molar-refractivity contribution in [3.63, 3.8) is 0 Å². The Labute approximate surface area is 228 Å². The monoisotopic (exact) mass is 516 g/mol. The van der Waals surface area contributed by atoms with E-state index in [9.17, 15) is 4.79 Å². The molecule has 0 aliphatic heterocycles. The number of anilines is 1. The highest BCUT2D eigenvalue weighted by atomic mass is 16.1. The van der Waals surface area contributed by atoms with Gasteiger partial charge < -0.3 is 10.6 Å². The van der Waals surface area contributed by atoms with Crippen LogP contribution in [0.3, 0.4) is 0 Å². The number of benzene rings is 2. The molecule has 2 aromatic carbocycles. The molecule has 5 aromatic rings. The van der Waals surface area contributed by atoms with Crippen molar-refractivity contribution in [2.24, 2.45) is 5.41 Å². The van der Waals surface area contributed by atoms with E-state index in [0.717, 1.165) is 39.6 Å². The number of amides is 1. The van der Waals surface area contributed by atoms with E-state index in [1.807, 2.05) is 54.6 Å². The second-order valence-electron chi connectivity index (χ2n) is 10.7. The topological polar surface area (TPSA) is 92.7 Å². The summed E-state index contributed by atoms with van der Waals surface area (Å²) in [5.74, 6) is 0.521. The van der Waals surface area contributed by atoms with Gasteiger partial charge in [-0.05, 0) is 41.2 Å². The fraction of sp³-hybridized carbons (Fsp3) is 0.219. The molecule has 0 fully saturated rings. The van der Waals surface area contributed by atoms with Gasteiger partial charge in [-0.25, -0.2) is 0 Å².